The number of hydrogen-bond acceptors (Lipinski definition) is 9. The second-order valence-electron chi connectivity index (χ2n) is 7.00. The SMILES string of the molecule is C=CC(C1=CC(=O)C(OC)=CC1=O)c1ccc(OC)cc1.Cl.NC(N)=NC(=O)c1nc(Cl)c(N)nc1N. The second-order valence-corrected chi connectivity index (χ2v) is 7.36. The van der Waals surface area contributed by atoms with Crippen molar-refractivity contribution in [1.82, 2.24) is 9.97 Å². The summed E-state index contributed by atoms with van der Waals surface area (Å²) in [6.07, 6.45) is 4.18. The van der Waals surface area contributed by atoms with Crippen LogP contribution in [0.4, 0.5) is 11.6 Å². The van der Waals surface area contributed by atoms with Crippen LogP contribution in [0.1, 0.15) is 22.0 Å². The highest BCUT2D eigenvalue weighted by molar-refractivity contribution is 6.31. The molecular formula is C23H25Cl2N7O5. The minimum absolute atomic E-state index is 0. The maximum absolute atomic E-state index is 12.2. The van der Waals surface area contributed by atoms with Crippen LogP contribution in [0.3, 0.4) is 0 Å². The molecule has 12 nitrogen and oxygen atoms in total. The van der Waals surface area contributed by atoms with E-state index < -0.39 is 11.9 Å². The van der Waals surface area contributed by atoms with Crippen LogP contribution in [-0.2, 0) is 14.3 Å². The zero-order valence-corrected chi connectivity index (χ0v) is 21.4. The predicted octanol–water partition coefficient (Wildman–Crippen LogP) is 1.70. The van der Waals surface area contributed by atoms with E-state index in [1.165, 1.54) is 19.3 Å². The summed E-state index contributed by atoms with van der Waals surface area (Å²) in [7, 11) is 2.95. The van der Waals surface area contributed by atoms with E-state index in [2.05, 4.69) is 21.5 Å². The number of nitrogen functional groups attached to an aromatic ring is 2. The smallest absolute Gasteiger partial charge is 0.302 e. The predicted molar refractivity (Wildman–Crippen MR) is 142 cm³/mol. The normalized spacial score (nSPS) is 12.9. The molecule has 1 aliphatic rings. The number of nitrogens with zero attached hydrogens (tertiary/aromatic N) is 3. The van der Waals surface area contributed by atoms with E-state index in [0.717, 1.165) is 11.3 Å². The van der Waals surface area contributed by atoms with E-state index in [1.54, 1.807) is 25.3 Å². The Kier molecular flexibility index (Phi) is 11.3. The van der Waals surface area contributed by atoms with Crippen LogP contribution in [0, 0.1) is 0 Å². The van der Waals surface area contributed by atoms with Gasteiger partial charge in [-0.25, -0.2) is 9.97 Å². The van der Waals surface area contributed by atoms with Gasteiger partial charge in [0.25, 0.3) is 0 Å². The van der Waals surface area contributed by atoms with Crippen molar-refractivity contribution in [3.8, 4) is 5.75 Å². The van der Waals surface area contributed by atoms with E-state index in [4.69, 9.17) is 44.0 Å². The van der Waals surface area contributed by atoms with Crippen molar-refractivity contribution in [2.75, 3.05) is 25.7 Å². The minimum atomic E-state index is -0.832. The third-order valence-corrected chi connectivity index (χ3v) is 4.96. The van der Waals surface area contributed by atoms with Crippen LogP contribution in [-0.4, -0.2) is 47.6 Å². The first-order valence-electron chi connectivity index (χ1n) is 10.1. The van der Waals surface area contributed by atoms with Gasteiger partial charge in [0, 0.05) is 17.6 Å². The van der Waals surface area contributed by atoms with Crippen LogP contribution in [0.2, 0.25) is 5.15 Å². The maximum Gasteiger partial charge on any atom is 0.302 e. The fourth-order valence-corrected chi connectivity index (χ4v) is 3.11. The summed E-state index contributed by atoms with van der Waals surface area (Å²) in [6.45, 7) is 3.77. The average molecular weight is 550 g/mol. The number of guanidine groups is 1. The Bertz CT molecular complexity index is 1290. The van der Waals surface area contributed by atoms with Crippen LogP contribution < -0.4 is 27.7 Å². The number of allylic oxidation sites excluding steroid dienone is 4. The molecule has 0 saturated heterocycles. The number of halogens is 2. The summed E-state index contributed by atoms with van der Waals surface area (Å²) in [6, 6.07) is 7.30. The van der Waals surface area contributed by atoms with Crippen molar-refractivity contribution in [3.63, 3.8) is 0 Å². The topological polar surface area (TPSA) is 212 Å². The number of benzene rings is 1. The van der Waals surface area contributed by atoms with Gasteiger partial charge in [-0.15, -0.1) is 19.0 Å². The third-order valence-electron chi connectivity index (χ3n) is 4.68. The number of rotatable bonds is 6. The maximum atomic E-state index is 12.2. The van der Waals surface area contributed by atoms with Crippen molar-refractivity contribution in [2.24, 2.45) is 16.5 Å². The fraction of sp³-hybridized carbons (Fsp3) is 0.130. The van der Waals surface area contributed by atoms with Crippen LogP contribution in [0.15, 0.2) is 65.4 Å². The molecule has 0 spiro atoms. The van der Waals surface area contributed by atoms with Crippen LogP contribution in [0.5, 0.6) is 5.75 Å². The molecule has 0 radical (unpaired) electrons. The number of carbonyl (C=O) groups excluding carboxylic acids is 3. The number of amides is 1. The Balaban J connectivity index is 0.000000381. The number of methoxy groups -OCH3 is 2. The van der Waals surface area contributed by atoms with Gasteiger partial charge in [0.2, 0.25) is 5.78 Å². The molecule has 1 heterocycles. The van der Waals surface area contributed by atoms with Crippen molar-refractivity contribution in [2.45, 2.75) is 5.92 Å². The Labute approximate surface area is 223 Å². The number of ketones is 2. The number of aromatic nitrogens is 2. The second kappa shape index (κ2) is 13.6. The van der Waals surface area contributed by atoms with Crippen molar-refractivity contribution >= 4 is 59.1 Å². The van der Waals surface area contributed by atoms with E-state index in [-0.39, 0.29) is 58.1 Å². The number of carbonyl (C=O) groups is 3. The molecular weight excluding hydrogens is 525 g/mol. The molecule has 1 aromatic heterocycles. The minimum Gasteiger partial charge on any atom is -0.497 e. The van der Waals surface area contributed by atoms with Crippen LogP contribution in [0.25, 0.3) is 0 Å². The Morgan fingerprint density at radius 2 is 1.65 bits per heavy atom. The standard InChI is InChI=1S/C17H16O4.C6H8ClN7O.ClH/c1-4-13(11-5-7-12(20-2)8-6-11)14-9-16(19)17(21-3)10-15(14)18;7-2-4(9)13-3(8)1(12-2)5(15)14-6(10)11;/h4-10,13H,1H2,2-3H3;(H4,8,9,13)(H4,10,11,14,15);1H. The van der Waals surface area contributed by atoms with Gasteiger partial charge in [-0.05, 0) is 23.8 Å². The molecule has 3 rings (SSSR count). The van der Waals surface area contributed by atoms with Crippen molar-refractivity contribution < 1.29 is 23.9 Å². The van der Waals surface area contributed by atoms with Gasteiger partial charge in [0.1, 0.15) is 5.75 Å². The molecule has 1 aromatic carbocycles. The quantitative estimate of drug-likeness (QED) is 0.176. The number of aliphatic imine (C=N–C) groups is 1. The van der Waals surface area contributed by atoms with Crippen molar-refractivity contribution in [3.05, 3.63) is 76.8 Å². The van der Waals surface area contributed by atoms with Gasteiger partial charge in [-0.2, -0.15) is 4.99 Å². The molecule has 8 N–H and O–H groups in total. The van der Waals surface area contributed by atoms with E-state index in [0.29, 0.717) is 5.57 Å². The molecule has 1 aliphatic carbocycles. The fourth-order valence-electron chi connectivity index (χ4n) is 2.98. The summed E-state index contributed by atoms with van der Waals surface area (Å²) >= 11 is 5.55. The number of nitrogens with two attached hydrogens (primary N) is 4. The van der Waals surface area contributed by atoms with Gasteiger partial charge >= 0.3 is 5.91 Å². The summed E-state index contributed by atoms with van der Waals surface area (Å²) in [4.78, 5) is 45.8. The molecule has 1 unspecified atom stereocenters. The molecule has 1 atom stereocenters. The molecule has 0 aliphatic heterocycles. The van der Waals surface area contributed by atoms with Gasteiger partial charge in [0.15, 0.2) is 40.0 Å². The molecule has 14 heteroatoms. The Morgan fingerprint density at radius 3 is 2.16 bits per heavy atom. The molecule has 2 aromatic rings. The first-order chi connectivity index (χ1) is 17.0. The molecule has 0 bridgehead atoms. The third kappa shape index (κ3) is 7.78. The lowest BCUT2D eigenvalue weighted by Gasteiger charge is -2.18. The van der Waals surface area contributed by atoms with Gasteiger partial charge < -0.3 is 32.4 Å². The highest BCUT2D eigenvalue weighted by Gasteiger charge is 2.26. The highest BCUT2D eigenvalue weighted by Crippen LogP contribution is 2.30. The zero-order valence-electron chi connectivity index (χ0n) is 19.8. The van der Waals surface area contributed by atoms with Gasteiger partial charge in [-0.1, -0.05) is 29.8 Å². The first-order valence-corrected chi connectivity index (χ1v) is 10.4. The monoisotopic (exact) mass is 549 g/mol. The van der Waals surface area contributed by atoms with E-state index in [1.807, 2.05) is 12.1 Å². The van der Waals surface area contributed by atoms with E-state index in [9.17, 15) is 14.4 Å². The summed E-state index contributed by atoms with van der Waals surface area (Å²) in [5.74, 6) is -1.62. The molecule has 0 saturated carbocycles. The number of ether oxygens (including phenoxy) is 2. The Hall–Kier alpha value is -4.42. The first kappa shape index (κ1) is 30.6. The average Bonchev–Trinajstić information content (AvgIpc) is 2.84. The largest absolute Gasteiger partial charge is 0.497 e. The number of anilines is 2. The summed E-state index contributed by atoms with van der Waals surface area (Å²) in [5.41, 5.74) is 21.7. The molecule has 196 valence electrons. The van der Waals surface area contributed by atoms with Gasteiger partial charge in [-0.3, -0.25) is 14.4 Å². The number of hydrogen-bond donors (Lipinski definition) is 4. The molecule has 1 amide bonds. The molecule has 37 heavy (non-hydrogen) atoms. The summed E-state index contributed by atoms with van der Waals surface area (Å²) < 4.78 is 9.98. The summed E-state index contributed by atoms with van der Waals surface area (Å²) in [5, 5.41) is -0.140. The van der Waals surface area contributed by atoms with Crippen molar-refractivity contribution in [1.29, 1.82) is 0 Å². The molecule has 0 fully saturated rings. The lowest BCUT2D eigenvalue weighted by molar-refractivity contribution is -0.117. The van der Waals surface area contributed by atoms with Gasteiger partial charge in [0.05, 0.1) is 14.2 Å². The van der Waals surface area contributed by atoms with E-state index >= 15 is 0 Å². The highest BCUT2D eigenvalue weighted by atomic mass is 35.5. The zero-order chi connectivity index (χ0) is 27.0. The lowest BCUT2D eigenvalue weighted by Crippen LogP contribution is -2.24. The van der Waals surface area contributed by atoms with Crippen LogP contribution >= 0.6 is 24.0 Å². The lowest BCUT2D eigenvalue weighted by atomic mass is 9.85. The Morgan fingerprint density at radius 1 is 1.03 bits per heavy atom.